The van der Waals surface area contributed by atoms with Gasteiger partial charge in [-0.15, -0.1) is 0 Å². The van der Waals surface area contributed by atoms with Crippen molar-refractivity contribution < 1.29 is 24.0 Å². The highest BCUT2D eigenvalue weighted by atomic mass is 16.2. The van der Waals surface area contributed by atoms with Gasteiger partial charge in [0.05, 0.1) is 28.9 Å². The topological polar surface area (TPSA) is 169 Å². The maximum absolute atomic E-state index is 15.4. The average Bonchev–Trinajstić information content (AvgIpc) is 3.94. The molecule has 9 heterocycles. The molecular formula is C58H73N11O5. The number of benzene rings is 1. The van der Waals surface area contributed by atoms with Gasteiger partial charge in [-0.1, -0.05) is 25.1 Å². The van der Waals surface area contributed by atoms with Gasteiger partial charge >= 0.3 is 0 Å². The second-order valence-electron chi connectivity index (χ2n) is 24.5. The number of imidazole rings is 1. The van der Waals surface area contributed by atoms with Crippen LogP contribution in [-0.4, -0.2) is 134 Å². The minimum atomic E-state index is -0.687. The van der Waals surface area contributed by atoms with E-state index < -0.39 is 10.8 Å². The molecule has 16 nitrogen and oxygen atoms in total. The molecule has 3 aliphatic carbocycles. The number of anilines is 3. The lowest BCUT2D eigenvalue weighted by Gasteiger charge is -2.49. The number of likely N-dealkylation sites (tertiary alicyclic amines) is 3. The molecule has 3 atom stereocenters. The summed E-state index contributed by atoms with van der Waals surface area (Å²) in [5.74, 6) is 2.96. The van der Waals surface area contributed by atoms with E-state index in [0.29, 0.717) is 89.9 Å². The fraction of sp³-hybridized carbons (Fsp3) is 0.621. The average molecular weight is 1000 g/mol. The quantitative estimate of drug-likeness (QED) is 0.154. The molecule has 5 amide bonds. The molecule has 74 heavy (non-hydrogen) atoms. The van der Waals surface area contributed by atoms with E-state index in [2.05, 4.69) is 79.9 Å². The van der Waals surface area contributed by atoms with Crippen LogP contribution in [0.4, 0.5) is 17.3 Å². The fourth-order valence-electron chi connectivity index (χ4n) is 14.7. The van der Waals surface area contributed by atoms with Gasteiger partial charge in [-0.3, -0.25) is 34.2 Å². The minimum absolute atomic E-state index is 0.0724. The molecule has 0 radical (unpaired) electrons. The van der Waals surface area contributed by atoms with Crippen molar-refractivity contribution in [2.45, 2.75) is 153 Å². The highest BCUT2D eigenvalue weighted by Gasteiger charge is 2.57. The molecule has 6 aliphatic heterocycles. The number of aromatic nitrogens is 4. The van der Waals surface area contributed by atoms with E-state index in [-0.39, 0.29) is 53.5 Å². The predicted octanol–water partition coefficient (Wildman–Crippen LogP) is 7.18. The standard InChI is InChI=1S/C58H73N11O5/c1-35(2)68-34-60-47-30-46(62-52(51(47)68)61-41-8-9-41)39-6-11-45-48(27-39)69(43-28-42(29-43)67-32-36-4-5-37(26-36)33-67)56(74)58(45)18-24-66(25-19-58)55(73)57(3)16-22-65(23-17-57)54(72)38-14-20-64(21-15-38)49-12-7-40(31-59-49)44-10-13-50(70)63-53(44)71/h6-7,11-12,27,30-31,34-38,41-44H,4-5,8-10,13-26,28-29,32-33H2,1-3H3,(H,61,62)(H,63,70,71)/t36?,37?,42-,43+,44?. The first-order chi connectivity index (χ1) is 35.8. The zero-order valence-corrected chi connectivity index (χ0v) is 43.6. The molecule has 4 aromatic rings. The Kier molecular flexibility index (Phi) is 11.9. The maximum atomic E-state index is 15.4. The SMILES string of the molecule is CC(C)n1cnc2cc(-c3ccc4c(c3)N([C@H]3C[C@@H](N5CC6CCC(C6)C5)C3)C(=O)C43CCN(C(=O)C4(C)CCN(C(=O)C5CCN(c6ccc(C7CCC(=O)NC7=O)cn6)CC5)CC4)CC3)nc(NC3CC3)c21. The molecular weight excluding hydrogens is 931 g/mol. The third kappa shape index (κ3) is 8.36. The highest BCUT2D eigenvalue weighted by molar-refractivity contribution is 6.09. The van der Waals surface area contributed by atoms with Crippen LogP contribution in [0.5, 0.6) is 0 Å². The Morgan fingerprint density at radius 2 is 1.51 bits per heavy atom. The number of amides is 5. The molecule has 390 valence electrons. The predicted molar refractivity (Wildman–Crippen MR) is 282 cm³/mol. The molecule has 3 unspecified atom stereocenters. The lowest BCUT2D eigenvalue weighted by atomic mass is 9.72. The van der Waals surface area contributed by atoms with Gasteiger partial charge in [0.2, 0.25) is 29.5 Å². The van der Waals surface area contributed by atoms with Gasteiger partial charge in [-0.05, 0) is 145 Å². The van der Waals surface area contributed by atoms with Crippen LogP contribution in [0.1, 0.15) is 140 Å². The van der Waals surface area contributed by atoms with Crippen molar-refractivity contribution in [1.29, 1.82) is 0 Å². The number of rotatable bonds is 10. The van der Waals surface area contributed by atoms with Crippen LogP contribution in [-0.2, 0) is 29.4 Å². The Hall–Kier alpha value is -5.90. The highest BCUT2D eigenvalue weighted by Crippen LogP contribution is 2.53. The second-order valence-corrected chi connectivity index (χ2v) is 24.5. The summed E-state index contributed by atoms with van der Waals surface area (Å²) < 4.78 is 2.20. The van der Waals surface area contributed by atoms with E-state index in [1.807, 2.05) is 28.3 Å². The first-order valence-corrected chi connectivity index (χ1v) is 28.3. The van der Waals surface area contributed by atoms with Crippen molar-refractivity contribution in [3.05, 3.63) is 60.0 Å². The van der Waals surface area contributed by atoms with Crippen LogP contribution in [0.25, 0.3) is 22.3 Å². The third-order valence-corrected chi connectivity index (χ3v) is 19.5. The summed E-state index contributed by atoms with van der Waals surface area (Å²) in [7, 11) is 0. The van der Waals surface area contributed by atoms with Crippen LogP contribution >= 0.6 is 0 Å². The monoisotopic (exact) mass is 1000 g/mol. The molecule has 3 saturated carbocycles. The largest absolute Gasteiger partial charge is 0.366 e. The Balaban J connectivity index is 0.674. The van der Waals surface area contributed by atoms with E-state index in [9.17, 15) is 19.2 Å². The van der Waals surface area contributed by atoms with Crippen LogP contribution in [0.15, 0.2) is 48.9 Å². The summed E-state index contributed by atoms with van der Waals surface area (Å²) in [4.78, 5) is 94.0. The van der Waals surface area contributed by atoms with E-state index in [4.69, 9.17) is 9.97 Å². The van der Waals surface area contributed by atoms with Gasteiger partial charge in [0.15, 0.2) is 5.82 Å². The Morgan fingerprint density at radius 1 is 0.784 bits per heavy atom. The third-order valence-electron chi connectivity index (χ3n) is 19.5. The second kappa shape index (κ2) is 18.4. The lowest BCUT2D eigenvalue weighted by molar-refractivity contribution is -0.150. The number of hydrogen-bond donors (Lipinski definition) is 2. The molecule has 9 aliphatic rings. The molecule has 1 aromatic carbocycles. The van der Waals surface area contributed by atoms with E-state index in [0.717, 1.165) is 101 Å². The van der Waals surface area contributed by atoms with Gasteiger partial charge < -0.3 is 29.5 Å². The number of imide groups is 1. The van der Waals surface area contributed by atoms with Crippen LogP contribution in [0.3, 0.4) is 0 Å². The van der Waals surface area contributed by atoms with Crippen LogP contribution in [0, 0.1) is 23.2 Å². The van der Waals surface area contributed by atoms with Gasteiger partial charge in [0.25, 0.3) is 0 Å². The smallest absolute Gasteiger partial charge is 0.238 e. The summed E-state index contributed by atoms with van der Waals surface area (Å²) in [5, 5.41) is 6.15. The molecule has 2 bridgehead atoms. The number of hydrogen-bond acceptors (Lipinski definition) is 11. The summed E-state index contributed by atoms with van der Waals surface area (Å²) in [6.45, 7) is 12.5. The van der Waals surface area contributed by atoms with Crippen molar-refractivity contribution >= 4 is 57.9 Å². The van der Waals surface area contributed by atoms with Gasteiger partial charge in [0.1, 0.15) is 11.3 Å². The van der Waals surface area contributed by atoms with Crippen molar-refractivity contribution in [3.63, 3.8) is 0 Å². The number of nitrogens with one attached hydrogen (secondary N) is 2. The summed E-state index contributed by atoms with van der Waals surface area (Å²) in [6.07, 6.45) is 16.8. The number of pyridine rings is 2. The first-order valence-electron chi connectivity index (χ1n) is 28.3. The molecule has 16 heteroatoms. The molecule has 5 saturated heterocycles. The van der Waals surface area contributed by atoms with E-state index in [1.165, 1.54) is 32.4 Å². The van der Waals surface area contributed by atoms with Crippen molar-refractivity contribution in [1.82, 2.24) is 39.5 Å². The minimum Gasteiger partial charge on any atom is -0.366 e. The Labute approximate surface area is 434 Å². The molecule has 8 fully saturated rings. The molecule has 1 spiro atoms. The van der Waals surface area contributed by atoms with Crippen molar-refractivity contribution in [3.8, 4) is 11.3 Å². The molecule has 3 aromatic heterocycles. The Morgan fingerprint density at radius 3 is 2.19 bits per heavy atom. The van der Waals surface area contributed by atoms with E-state index >= 15 is 4.79 Å². The number of carbonyl (C=O) groups excluding carboxylic acids is 5. The normalized spacial score (nSPS) is 28.0. The van der Waals surface area contributed by atoms with Crippen LogP contribution in [0.2, 0.25) is 0 Å². The zero-order valence-electron chi connectivity index (χ0n) is 43.6. The Bertz CT molecular complexity index is 2870. The molecule has 13 rings (SSSR count). The maximum Gasteiger partial charge on any atom is 0.238 e. The van der Waals surface area contributed by atoms with Gasteiger partial charge in [-0.2, -0.15) is 0 Å². The first kappa shape index (κ1) is 47.8. The van der Waals surface area contributed by atoms with Gasteiger partial charge in [0, 0.05) is 112 Å². The lowest BCUT2D eigenvalue weighted by Crippen LogP contribution is -2.59. The summed E-state index contributed by atoms with van der Waals surface area (Å²) >= 11 is 0. The van der Waals surface area contributed by atoms with E-state index in [1.54, 1.807) is 6.20 Å². The molecule has 2 N–H and O–H groups in total. The summed E-state index contributed by atoms with van der Waals surface area (Å²) in [5.41, 5.74) is 5.48. The van der Waals surface area contributed by atoms with Crippen molar-refractivity contribution in [2.75, 3.05) is 67.5 Å². The number of piperidine rings is 5. The number of nitrogens with zero attached hydrogens (tertiary/aromatic N) is 9. The number of fused-ring (bicyclic) bond motifs is 5. The zero-order chi connectivity index (χ0) is 50.6. The van der Waals surface area contributed by atoms with Crippen molar-refractivity contribution in [2.24, 2.45) is 23.2 Å². The summed E-state index contributed by atoms with van der Waals surface area (Å²) in [6, 6.07) is 13.9. The van der Waals surface area contributed by atoms with Crippen LogP contribution < -0.4 is 20.4 Å². The fourth-order valence-corrected chi connectivity index (χ4v) is 14.7. The number of carbonyl (C=O) groups is 5. The van der Waals surface area contributed by atoms with Gasteiger partial charge in [-0.25, -0.2) is 15.0 Å².